The van der Waals surface area contributed by atoms with Crippen LogP contribution in [0.5, 0.6) is 0 Å². The highest BCUT2D eigenvalue weighted by molar-refractivity contribution is 6.24. The maximum Gasteiger partial charge on any atom is 0.185 e. The molecule has 3 nitrogen and oxygen atoms in total. The van der Waals surface area contributed by atoms with E-state index in [9.17, 15) is 9.59 Å². The SMILES string of the molecule is CC1=C(C)C(=O)C(CCO)=C(C)C1=O. The fourth-order valence-electron chi connectivity index (χ4n) is 1.57. The Hall–Kier alpha value is -1.22. The van der Waals surface area contributed by atoms with Crippen molar-refractivity contribution in [3.8, 4) is 0 Å². The molecule has 0 aromatic carbocycles. The molecule has 0 saturated heterocycles. The molecule has 0 radical (unpaired) electrons. The maximum atomic E-state index is 11.7. The molecule has 1 aliphatic rings. The van der Waals surface area contributed by atoms with E-state index in [0.717, 1.165) is 0 Å². The molecule has 0 aliphatic heterocycles. The van der Waals surface area contributed by atoms with E-state index in [1.165, 1.54) is 0 Å². The third-order valence-corrected chi connectivity index (χ3v) is 2.67. The molecule has 0 fully saturated rings. The topological polar surface area (TPSA) is 54.4 Å². The van der Waals surface area contributed by atoms with Crippen molar-refractivity contribution in [2.24, 2.45) is 0 Å². The Bertz CT molecular complexity index is 359. The molecule has 14 heavy (non-hydrogen) atoms. The standard InChI is InChI=1S/C11H14O3/c1-6-7(2)11(14)9(4-5-12)8(3)10(6)13/h12H,4-5H2,1-3H3. The summed E-state index contributed by atoms with van der Waals surface area (Å²) in [6.07, 6.45) is 0.265. The number of aliphatic hydroxyl groups is 1. The average molecular weight is 194 g/mol. The highest BCUT2D eigenvalue weighted by atomic mass is 16.3. The number of Topliss-reactive ketones (excluding diaryl/α,β-unsaturated/α-hetero) is 2. The van der Waals surface area contributed by atoms with Gasteiger partial charge in [0, 0.05) is 28.9 Å². The lowest BCUT2D eigenvalue weighted by atomic mass is 9.85. The van der Waals surface area contributed by atoms with E-state index < -0.39 is 0 Å². The van der Waals surface area contributed by atoms with Gasteiger partial charge in [-0.1, -0.05) is 0 Å². The predicted octanol–water partition coefficient (Wildman–Crippen LogP) is 1.17. The smallest absolute Gasteiger partial charge is 0.185 e. The summed E-state index contributed by atoms with van der Waals surface area (Å²) in [4.78, 5) is 23.3. The summed E-state index contributed by atoms with van der Waals surface area (Å²) < 4.78 is 0. The summed E-state index contributed by atoms with van der Waals surface area (Å²) in [6.45, 7) is 4.85. The van der Waals surface area contributed by atoms with Crippen LogP contribution < -0.4 is 0 Å². The Labute approximate surface area is 83.1 Å². The van der Waals surface area contributed by atoms with E-state index in [1.54, 1.807) is 20.8 Å². The number of rotatable bonds is 2. The molecule has 76 valence electrons. The van der Waals surface area contributed by atoms with Crippen molar-refractivity contribution in [2.45, 2.75) is 27.2 Å². The lowest BCUT2D eigenvalue weighted by Gasteiger charge is -2.17. The third kappa shape index (κ3) is 1.55. The van der Waals surface area contributed by atoms with Crippen LogP contribution in [0, 0.1) is 0 Å². The highest BCUT2D eigenvalue weighted by Gasteiger charge is 2.26. The minimum atomic E-state index is -0.103. The number of ketones is 2. The van der Waals surface area contributed by atoms with Crippen molar-refractivity contribution >= 4 is 11.6 Å². The number of hydrogen-bond donors (Lipinski definition) is 1. The van der Waals surface area contributed by atoms with Gasteiger partial charge in [-0.05, 0) is 27.2 Å². The van der Waals surface area contributed by atoms with Gasteiger partial charge in [-0.2, -0.15) is 0 Å². The fraction of sp³-hybridized carbons (Fsp3) is 0.455. The van der Waals surface area contributed by atoms with Gasteiger partial charge in [0.1, 0.15) is 0 Å². The molecule has 1 rings (SSSR count). The number of hydrogen-bond acceptors (Lipinski definition) is 3. The molecule has 1 N–H and O–H groups in total. The molecule has 0 unspecified atom stereocenters. The predicted molar refractivity (Wildman–Crippen MR) is 52.8 cm³/mol. The van der Waals surface area contributed by atoms with Crippen molar-refractivity contribution < 1.29 is 14.7 Å². The van der Waals surface area contributed by atoms with Crippen LogP contribution in [0.2, 0.25) is 0 Å². The van der Waals surface area contributed by atoms with Gasteiger partial charge in [0.05, 0.1) is 0 Å². The molecule has 3 heteroatoms. The normalized spacial score (nSPS) is 18.3. The summed E-state index contributed by atoms with van der Waals surface area (Å²) in [6, 6.07) is 0. The van der Waals surface area contributed by atoms with Gasteiger partial charge in [0.25, 0.3) is 0 Å². The van der Waals surface area contributed by atoms with Crippen LogP contribution >= 0.6 is 0 Å². The van der Waals surface area contributed by atoms with Crippen LogP contribution in [0.1, 0.15) is 27.2 Å². The monoisotopic (exact) mass is 194 g/mol. The van der Waals surface area contributed by atoms with Crippen LogP contribution in [-0.2, 0) is 9.59 Å². The minimum absolute atomic E-state index is 0.0782. The Morgan fingerprint density at radius 1 is 0.929 bits per heavy atom. The number of carbonyl (C=O) groups is 2. The largest absolute Gasteiger partial charge is 0.396 e. The van der Waals surface area contributed by atoms with Crippen LogP contribution in [-0.4, -0.2) is 23.3 Å². The second kappa shape index (κ2) is 3.88. The zero-order chi connectivity index (χ0) is 10.9. The second-order valence-corrected chi connectivity index (χ2v) is 3.49. The Morgan fingerprint density at radius 3 is 1.93 bits per heavy atom. The Kier molecular flexibility index (Phi) is 3.01. The number of aliphatic hydroxyl groups excluding tert-OH is 1. The minimum Gasteiger partial charge on any atom is -0.396 e. The first-order valence-electron chi connectivity index (χ1n) is 4.58. The van der Waals surface area contributed by atoms with Crippen molar-refractivity contribution in [3.63, 3.8) is 0 Å². The van der Waals surface area contributed by atoms with Crippen LogP contribution in [0.3, 0.4) is 0 Å². The average Bonchev–Trinajstić information content (AvgIpc) is 2.19. The van der Waals surface area contributed by atoms with Gasteiger partial charge < -0.3 is 5.11 Å². The van der Waals surface area contributed by atoms with Crippen molar-refractivity contribution in [3.05, 3.63) is 22.3 Å². The molecule has 1 aliphatic carbocycles. The van der Waals surface area contributed by atoms with E-state index in [0.29, 0.717) is 22.3 Å². The van der Waals surface area contributed by atoms with E-state index >= 15 is 0 Å². The van der Waals surface area contributed by atoms with Gasteiger partial charge in [-0.3, -0.25) is 9.59 Å². The van der Waals surface area contributed by atoms with E-state index in [4.69, 9.17) is 5.11 Å². The van der Waals surface area contributed by atoms with Gasteiger partial charge in [0.15, 0.2) is 11.6 Å². The van der Waals surface area contributed by atoms with E-state index in [2.05, 4.69) is 0 Å². The maximum absolute atomic E-state index is 11.7. The summed E-state index contributed by atoms with van der Waals surface area (Å²) in [5, 5.41) is 8.78. The fourth-order valence-corrected chi connectivity index (χ4v) is 1.57. The molecule has 0 amide bonds. The van der Waals surface area contributed by atoms with Crippen LogP contribution in [0.25, 0.3) is 0 Å². The van der Waals surface area contributed by atoms with Gasteiger partial charge in [-0.25, -0.2) is 0 Å². The summed E-state index contributed by atoms with van der Waals surface area (Å²) in [5.41, 5.74) is 1.96. The Balaban J connectivity index is 3.19. The zero-order valence-corrected chi connectivity index (χ0v) is 8.68. The van der Waals surface area contributed by atoms with Gasteiger partial charge in [0.2, 0.25) is 0 Å². The molecular weight excluding hydrogens is 180 g/mol. The number of carbonyl (C=O) groups excluding carboxylic acids is 2. The molecule has 0 bridgehead atoms. The first kappa shape index (κ1) is 10.9. The quantitative estimate of drug-likeness (QED) is 0.671. The van der Waals surface area contributed by atoms with Crippen molar-refractivity contribution in [1.29, 1.82) is 0 Å². The van der Waals surface area contributed by atoms with Crippen LogP contribution in [0.15, 0.2) is 22.3 Å². The number of allylic oxidation sites excluding steroid dienone is 3. The van der Waals surface area contributed by atoms with Crippen molar-refractivity contribution in [1.82, 2.24) is 0 Å². The first-order valence-corrected chi connectivity index (χ1v) is 4.58. The van der Waals surface area contributed by atoms with E-state index in [1.807, 2.05) is 0 Å². The molecule has 0 aromatic rings. The molecule has 0 spiro atoms. The van der Waals surface area contributed by atoms with Gasteiger partial charge >= 0.3 is 0 Å². The van der Waals surface area contributed by atoms with Gasteiger partial charge in [-0.15, -0.1) is 0 Å². The lowest BCUT2D eigenvalue weighted by Crippen LogP contribution is -2.21. The molecule has 0 heterocycles. The summed E-state index contributed by atoms with van der Waals surface area (Å²) >= 11 is 0. The van der Waals surface area contributed by atoms with Crippen LogP contribution in [0.4, 0.5) is 0 Å². The van der Waals surface area contributed by atoms with Crippen molar-refractivity contribution in [2.75, 3.05) is 6.61 Å². The molecule has 0 saturated carbocycles. The molecular formula is C11H14O3. The highest BCUT2D eigenvalue weighted by Crippen LogP contribution is 2.25. The lowest BCUT2D eigenvalue weighted by molar-refractivity contribution is -0.116. The first-order chi connectivity index (χ1) is 6.50. The molecule has 0 aromatic heterocycles. The third-order valence-electron chi connectivity index (χ3n) is 2.67. The second-order valence-electron chi connectivity index (χ2n) is 3.49. The molecule has 0 atom stereocenters. The summed E-state index contributed by atoms with van der Waals surface area (Å²) in [7, 11) is 0. The summed E-state index contributed by atoms with van der Waals surface area (Å²) in [5.74, 6) is -0.181. The van der Waals surface area contributed by atoms with E-state index in [-0.39, 0.29) is 24.6 Å². The zero-order valence-electron chi connectivity index (χ0n) is 8.68. The Morgan fingerprint density at radius 2 is 1.43 bits per heavy atom.